The summed E-state index contributed by atoms with van der Waals surface area (Å²) in [5.74, 6) is -3.28. The van der Waals surface area contributed by atoms with Crippen LogP contribution in [0.15, 0.2) is 58.6 Å². The van der Waals surface area contributed by atoms with Gasteiger partial charge in [-0.2, -0.15) is 0 Å². The predicted molar refractivity (Wildman–Crippen MR) is 159 cm³/mol. The van der Waals surface area contributed by atoms with E-state index in [0.29, 0.717) is 5.57 Å². The zero-order valence-electron chi connectivity index (χ0n) is 26.2. The van der Waals surface area contributed by atoms with Crippen molar-refractivity contribution in [3.8, 4) is 0 Å². The molecule has 242 valence electrons. The number of ketones is 2. The third-order valence-corrected chi connectivity index (χ3v) is 7.35. The smallest absolute Gasteiger partial charge is 0.405 e. The van der Waals surface area contributed by atoms with Crippen LogP contribution in [0.4, 0.5) is 4.79 Å². The van der Waals surface area contributed by atoms with E-state index in [4.69, 9.17) is 35.2 Å². The molecule has 0 aromatic rings. The molecule has 44 heavy (non-hydrogen) atoms. The second kappa shape index (κ2) is 16.7. The molecule has 2 aliphatic rings. The van der Waals surface area contributed by atoms with Crippen molar-refractivity contribution >= 4 is 29.5 Å². The monoisotopic (exact) mass is 617 g/mol. The topological polar surface area (TPSA) is 196 Å². The summed E-state index contributed by atoms with van der Waals surface area (Å²) < 4.78 is 27.8. The molecule has 13 nitrogen and oxygen atoms in total. The lowest BCUT2D eigenvalue weighted by molar-refractivity contribution is -0.158. The van der Waals surface area contributed by atoms with Crippen molar-refractivity contribution in [2.45, 2.75) is 65.0 Å². The van der Waals surface area contributed by atoms with Crippen LogP contribution in [0.1, 0.15) is 40.5 Å². The van der Waals surface area contributed by atoms with Crippen LogP contribution in [0.25, 0.3) is 0 Å². The molecule has 0 unspecified atom stereocenters. The molecule has 6 atom stereocenters. The number of hydrogen-bond acceptors (Lipinski definition) is 11. The molecule has 0 saturated carbocycles. The molecule has 0 fully saturated rings. The maximum Gasteiger partial charge on any atom is 0.405 e. The zero-order chi connectivity index (χ0) is 33.1. The van der Waals surface area contributed by atoms with Gasteiger partial charge in [0.25, 0.3) is 5.91 Å². The maximum atomic E-state index is 13.5. The van der Waals surface area contributed by atoms with E-state index in [9.17, 15) is 24.0 Å². The number of ether oxygens (including phenoxy) is 5. The fourth-order valence-electron chi connectivity index (χ4n) is 5.15. The Morgan fingerprint density at radius 1 is 1.05 bits per heavy atom. The molecule has 1 aliphatic heterocycles. The summed E-state index contributed by atoms with van der Waals surface area (Å²) in [5, 5.41) is 2.52. The zero-order valence-corrected chi connectivity index (χ0v) is 26.2. The molecule has 5 N–H and O–H groups in total. The molecule has 2 amide bonds. The first-order valence-corrected chi connectivity index (χ1v) is 14.1. The summed E-state index contributed by atoms with van der Waals surface area (Å²) in [6.45, 7) is 6.51. The number of allylic oxidation sites excluding steroid dienone is 4. The van der Waals surface area contributed by atoms with Crippen LogP contribution in [0.5, 0.6) is 0 Å². The van der Waals surface area contributed by atoms with E-state index in [-0.39, 0.29) is 47.9 Å². The van der Waals surface area contributed by atoms with Gasteiger partial charge in [-0.05, 0) is 38.2 Å². The number of esters is 1. The Bertz CT molecular complexity index is 1280. The molecule has 0 aromatic heterocycles. The van der Waals surface area contributed by atoms with Gasteiger partial charge in [0, 0.05) is 37.4 Å². The lowest BCUT2D eigenvalue weighted by Crippen LogP contribution is -2.41. The normalized spacial score (nSPS) is 30.6. The number of carbonyl (C=O) groups excluding carboxylic acids is 5. The number of nitrogens with two attached hydrogens (primary N) is 2. The Morgan fingerprint density at radius 3 is 2.30 bits per heavy atom. The fraction of sp³-hybridized carbons (Fsp3) is 0.516. The fourth-order valence-corrected chi connectivity index (χ4v) is 5.15. The van der Waals surface area contributed by atoms with Crippen molar-refractivity contribution in [2.75, 3.05) is 27.9 Å². The van der Waals surface area contributed by atoms with Crippen LogP contribution in [-0.2, 0) is 42.9 Å². The highest BCUT2D eigenvalue weighted by Crippen LogP contribution is 2.30. The van der Waals surface area contributed by atoms with Gasteiger partial charge >= 0.3 is 12.1 Å². The standard InChI is InChI=1S/C31H43N3O10/c1-16-11-20-26(37)21(14-22(35)29(20)42-7)34-30(38)17(2)9-8-10-23(40-5)27(44-31(33)39)18(3)13-19(4)28(24(12-16)41-6)43-25(36)15-32/h8-10,13-14,16,19,23-24,27-28H,11-12,15,32H2,1-7H3,(H2,33,39)(H,34,38)/b10-8-,17-9+,18-13+/t16-,19+,23+,24+,27+,28-/m1/s1. The Kier molecular flexibility index (Phi) is 13.7. The largest absolute Gasteiger partial charge is 0.492 e. The molecule has 0 saturated heterocycles. The minimum absolute atomic E-state index is 0.100. The average Bonchev–Trinajstić information content (AvgIpc) is 2.97. The molecule has 2 bridgehead atoms. The molecular formula is C31H43N3O10. The number of methoxy groups -OCH3 is 3. The van der Waals surface area contributed by atoms with Crippen molar-refractivity contribution in [1.29, 1.82) is 0 Å². The average molecular weight is 618 g/mol. The van der Waals surface area contributed by atoms with Gasteiger partial charge in [-0.25, -0.2) is 4.79 Å². The minimum atomic E-state index is -1.03. The van der Waals surface area contributed by atoms with Crippen molar-refractivity contribution in [3.05, 3.63) is 58.6 Å². The van der Waals surface area contributed by atoms with Crippen LogP contribution < -0.4 is 16.8 Å². The SMILES string of the molecule is COC1=C2C[C@@H](C)C[C@H](OC)[C@H](OC(=O)CN)[C@@H](C)/C=C(\C)[C@H](OC(N)=O)[C@@H](OC)/C=C\C=C(/C)C(=O)NC(=CC1=O)C2=O. The van der Waals surface area contributed by atoms with Gasteiger partial charge in [-0.3, -0.25) is 19.2 Å². The van der Waals surface area contributed by atoms with Crippen molar-refractivity contribution < 1.29 is 47.7 Å². The second-order valence-electron chi connectivity index (χ2n) is 10.8. The van der Waals surface area contributed by atoms with Crippen molar-refractivity contribution in [1.82, 2.24) is 5.32 Å². The molecule has 1 aliphatic carbocycles. The summed E-state index contributed by atoms with van der Waals surface area (Å²) >= 11 is 0. The Balaban J connectivity index is 2.71. The van der Waals surface area contributed by atoms with Crippen LogP contribution >= 0.6 is 0 Å². The van der Waals surface area contributed by atoms with Crippen LogP contribution in [0.3, 0.4) is 0 Å². The number of hydrogen-bond donors (Lipinski definition) is 3. The number of fused-ring (bicyclic) bond motifs is 2. The summed E-state index contributed by atoms with van der Waals surface area (Å²) in [4.78, 5) is 63.5. The van der Waals surface area contributed by atoms with Gasteiger partial charge in [0.05, 0.1) is 25.5 Å². The van der Waals surface area contributed by atoms with E-state index in [1.807, 2.05) is 6.92 Å². The number of rotatable bonds is 6. The third-order valence-electron chi connectivity index (χ3n) is 7.35. The summed E-state index contributed by atoms with van der Waals surface area (Å²) in [6.07, 6.45) is 3.37. The van der Waals surface area contributed by atoms with E-state index in [1.54, 1.807) is 26.0 Å². The van der Waals surface area contributed by atoms with E-state index >= 15 is 0 Å². The van der Waals surface area contributed by atoms with Gasteiger partial charge < -0.3 is 40.5 Å². The van der Waals surface area contributed by atoms with Gasteiger partial charge in [0.1, 0.15) is 12.2 Å². The van der Waals surface area contributed by atoms with Gasteiger partial charge in [-0.15, -0.1) is 0 Å². The van der Waals surface area contributed by atoms with Gasteiger partial charge in [-0.1, -0.05) is 38.2 Å². The lowest BCUT2D eigenvalue weighted by Gasteiger charge is -2.32. The van der Waals surface area contributed by atoms with Crippen molar-refractivity contribution in [3.63, 3.8) is 0 Å². The number of primary amides is 1. The van der Waals surface area contributed by atoms with E-state index in [2.05, 4.69) is 5.32 Å². The maximum absolute atomic E-state index is 13.5. The molecular weight excluding hydrogens is 574 g/mol. The highest BCUT2D eigenvalue weighted by Gasteiger charge is 2.35. The number of nitrogens with one attached hydrogen (secondary N) is 1. The molecule has 1 heterocycles. The molecule has 0 radical (unpaired) electrons. The highest BCUT2D eigenvalue weighted by molar-refractivity contribution is 6.23. The van der Waals surface area contributed by atoms with Crippen molar-refractivity contribution in [2.24, 2.45) is 23.3 Å². The second-order valence-corrected chi connectivity index (χ2v) is 10.8. The van der Waals surface area contributed by atoms with Crippen LogP contribution in [0.2, 0.25) is 0 Å². The van der Waals surface area contributed by atoms with E-state index in [0.717, 1.165) is 6.08 Å². The lowest BCUT2D eigenvalue weighted by atomic mass is 9.85. The van der Waals surface area contributed by atoms with Crippen LogP contribution in [0, 0.1) is 11.8 Å². The molecule has 13 heteroatoms. The first kappa shape index (κ1) is 36.1. The molecule has 2 rings (SSSR count). The minimum Gasteiger partial charge on any atom is -0.492 e. The van der Waals surface area contributed by atoms with Crippen LogP contribution in [-0.4, -0.2) is 81.8 Å². The molecule has 0 aromatic carbocycles. The Labute approximate surface area is 257 Å². The number of amides is 2. The summed E-state index contributed by atoms with van der Waals surface area (Å²) in [6, 6.07) is 0. The number of carbonyl (C=O) groups is 5. The van der Waals surface area contributed by atoms with Gasteiger partial charge in [0.2, 0.25) is 11.6 Å². The van der Waals surface area contributed by atoms with E-state index < -0.39 is 59.9 Å². The number of Topliss-reactive ketones (excluding diaryl/α,β-unsaturated/α-hetero) is 1. The third kappa shape index (κ3) is 9.46. The van der Waals surface area contributed by atoms with E-state index in [1.165, 1.54) is 40.4 Å². The summed E-state index contributed by atoms with van der Waals surface area (Å²) in [7, 11) is 4.17. The quantitative estimate of drug-likeness (QED) is 0.224. The van der Waals surface area contributed by atoms with Gasteiger partial charge in [0.15, 0.2) is 11.9 Å². The molecule has 0 spiro atoms. The Morgan fingerprint density at radius 2 is 1.73 bits per heavy atom. The highest BCUT2D eigenvalue weighted by atomic mass is 16.6. The first-order chi connectivity index (χ1) is 20.8. The first-order valence-electron chi connectivity index (χ1n) is 14.1. The predicted octanol–water partition coefficient (Wildman–Crippen LogP) is 1.92. The summed E-state index contributed by atoms with van der Waals surface area (Å²) in [5.41, 5.74) is 11.6. The Hall–Kier alpha value is -4.07.